The van der Waals surface area contributed by atoms with Crippen molar-refractivity contribution in [2.45, 2.75) is 40.0 Å². The summed E-state index contributed by atoms with van der Waals surface area (Å²) in [7, 11) is 0. The number of rotatable bonds is 4. The third-order valence-electron chi connectivity index (χ3n) is 1.86. The Kier molecular flexibility index (Phi) is 3.52. The van der Waals surface area contributed by atoms with Crippen LogP contribution in [0.5, 0.6) is 0 Å². The lowest BCUT2D eigenvalue weighted by molar-refractivity contribution is 0.326. The van der Waals surface area contributed by atoms with Gasteiger partial charge in [-0.25, -0.2) is 0 Å². The predicted octanol–water partition coefficient (Wildman–Crippen LogP) is 2.31. The van der Waals surface area contributed by atoms with Crippen LogP contribution in [0.4, 0.5) is 0 Å². The molecule has 0 aliphatic heterocycles. The first-order valence-corrected chi connectivity index (χ1v) is 3.47. The molecule has 0 aromatic carbocycles. The van der Waals surface area contributed by atoms with Crippen molar-refractivity contribution in [3.63, 3.8) is 0 Å². The number of hydrogen-bond donors (Lipinski definition) is 0. The van der Waals surface area contributed by atoms with Crippen molar-refractivity contribution >= 4 is 6.29 Å². The molecule has 0 atom stereocenters. The van der Waals surface area contributed by atoms with Crippen LogP contribution < -0.4 is 0 Å². The Balaban J connectivity index is 3.44. The summed E-state index contributed by atoms with van der Waals surface area (Å²) < 4.78 is 0. The van der Waals surface area contributed by atoms with Crippen LogP contribution >= 0.6 is 0 Å². The summed E-state index contributed by atoms with van der Waals surface area (Å²) in [6, 6.07) is 0. The highest BCUT2D eigenvalue weighted by Gasteiger charge is 2.13. The maximum atomic E-state index is 9.84. The molecule has 0 amide bonds. The van der Waals surface area contributed by atoms with Gasteiger partial charge in [-0.3, -0.25) is 4.79 Å². The predicted molar refractivity (Wildman–Crippen MR) is 39.0 cm³/mol. The van der Waals surface area contributed by atoms with Crippen molar-refractivity contribution in [3.8, 4) is 0 Å². The summed E-state index contributed by atoms with van der Waals surface area (Å²) >= 11 is 0. The van der Waals surface area contributed by atoms with Crippen molar-refractivity contribution in [2.75, 3.05) is 0 Å². The van der Waals surface area contributed by atoms with E-state index >= 15 is 0 Å². The van der Waals surface area contributed by atoms with Gasteiger partial charge in [0.2, 0.25) is 0 Å². The monoisotopic (exact) mass is 127 g/mol. The fourth-order valence-electron chi connectivity index (χ4n) is 0.566. The van der Waals surface area contributed by atoms with E-state index in [0.717, 1.165) is 12.8 Å². The van der Waals surface area contributed by atoms with Crippen LogP contribution in [0.1, 0.15) is 40.0 Å². The average molecular weight is 127 g/mol. The van der Waals surface area contributed by atoms with Gasteiger partial charge in [0.25, 0.3) is 0 Å². The van der Waals surface area contributed by atoms with Gasteiger partial charge in [-0.15, -0.1) is 0 Å². The standard InChI is InChI=1S/C8H15O/c1-4-8(2,3)6-5-7-9/h4-6H2,1-3H3. The number of hydrogen-bond acceptors (Lipinski definition) is 1. The normalized spacial score (nSPS) is 11.4. The van der Waals surface area contributed by atoms with E-state index in [2.05, 4.69) is 20.8 Å². The molecule has 0 aromatic rings. The summed E-state index contributed by atoms with van der Waals surface area (Å²) in [6.07, 6.45) is 4.59. The molecule has 0 bridgehead atoms. The van der Waals surface area contributed by atoms with Crippen LogP contribution in [0, 0.1) is 5.41 Å². The van der Waals surface area contributed by atoms with Crippen LogP contribution in [0.3, 0.4) is 0 Å². The highest BCUT2D eigenvalue weighted by atomic mass is 16.1. The molecule has 0 rings (SSSR count). The second-order valence-electron chi connectivity index (χ2n) is 3.16. The van der Waals surface area contributed by atoms with E-state index in [1.54, 1.807) is 0 Å². The first-order chi connectivity index (χ1) is 4.12. The summed E-state index contributed by atoms with van der Waals surface area (Å²) in [5.74, 6) is 0. The van der Waals surface area contributed by atoms with Crippen LogP contribution in [-0.2, 0) is 4.79 Å². The second kappa shape index (κ2) is 3.65. The topological polar surface area (TPSA) is 17.1 Å². The molecule has 9 heavy (non-hydrogen) atoms. The maximum absolute atomic E-state index is 9.84. The molecule has 1 heteroatoms. The third kappa shape index (κ3) is 4.19. The SMILES string of the molecule is CCC(C)(C)CC[C]=O. The van der Waals surface area contributed by atoms with Gasteiger partial charge in [0, 0.05) is 6.42 Å². The maximum Gasteiger partial charge on any atom is 0.198 e. The molecule has 0 spiro atoms. The van der Waals surface area contributed by atoms with E-state index in [0.29, 0.717) is 11.8 Å². The van der Waals surface area contributed by atoms with Crippen LogP contribution in [0.2, 0.25) is 0 Å². The van der Waals surface area contributed by atoms with E-state index in [1.807, 2.05) is 6.29 Å². The first-order valence-electron chi connectivity index (χ1n) is 3.47. The van der Waals surface area contributed by atoms with Crippen molar-refractivity contribution in [1.82, 2.24) is 0 Å². The van der Waals surface area contributed by atoms with E-state index in [4.69, 9.17) is 0 Å². The summed E-state index contributed by atoms with van der Waals surface area (Å²) in [6.45, 7) is 6.49. The Labute approximate surface area is 57.5 Å². The Bertz CT molecular complexity index is 84.6. The van der Waals surface area contributed by atoms with E-state index < -0.39 is 0 Å². The molecule has 0 aliphatic rings. The van der Waals surface area contributed by atoms with Gasteiger partial charge in [0.05, 0.1) is 0 Å². The van der Waals surface area contributed by atoms with Gasteiger partial charge in [-0.1, -0.05) is 27.2 Å². The van der Waals surface area contributed by atoms with Crippen molar-refractivity contribution in [1.29, 1.82) is 0 Å². The molecular weight excluding hydrogens is 112 g/mol. The molecule has 0 heterocycles. The lowest BCUT2D eigenvalue weighted by atomic mass is 9.85. The molecule has 0 unspecified atom stereocenters. The van der Waals surface area contributed by atoms with Crippen molar-refractivity contribution < 1.29 is 4.79 Å². The quantitative estimate of drug-likeness (QED) is 0.566. The summed E-state index contributed by atoms with van der Waals surface area (Å²) in [5.41, 5.74) is 0.331. The largest absolute Gasteiger partial charge is 0.291 e. The summed E-state index contributed by atoms with van der Waals surface area (Å²) in [4.78, 5) is 9.84. The fourth-order valence-corrected chi connectivity index (χ4v) is 0.566. The molecule has 0 fully saturated rings. The fraction of sp³-hybridized carbons (Fsp3) is 0.875. The van der Waals surface area contributed by atoms with Gasteiger partial charge in [0.1, 0.15) is 0 Å². The Morgan fingerprint density at radius 3 is 2.33 bits per heavy atom. The molecule has 0 saturated carbocycles. The minimum Gasteiger partial charge on any atom is -0.291 e. The van der Waals surface area contributed by atoms with Crippen LogP contribution in [0.25, 0.3) is 0 Å². The third-order valence-corrected chi connectivity index (χ3v) is 1.86. The van der Waals surface area contributed by atoms with Gasteiger partial charge < -0.3 is 0 Å². The minimum absolute atomic E-state index is 0.331. The molecule has 1 nitrogen and oxygen atoms in total. The molecule has 0 saturated heterocycles. The summed E-state index contributed by atoms with van der Waals surface area (Å²) in [5, 5.41) is 0. The molecule has 0 aromatic heterocycles. The average Bonchev–Trinajstić information content (AvgIpc) is 1.84. The highest BCUT2D eigenvalue weighted by molar-refractivity contribution is 5.50. The smallest absolute Gasteiger partial charge is 0.198 e. The molecule has 0 aliphatic carbocycles. The molecule has 53 valence electrons. The van der Waals surface area contributed by atoms with Gasteiger partial charge in [0.15, 0.2) is 6.29 Å². The lowest BCUT2D eigenvalue weighted by Crippen LogP contribution is -2.08. The highest BCUT2D eigenvalue weighted by Crippen LogP contribution is 2.24. The van der Waals surface area contributed by atoms with Crippen LogP contribution in [0.15, 0.2) is 0 Å². The van der Waals surface area contributed by atoms with Crippen molar-refractivity contribution in [3.05, 3.63) is 0 Å². The second-order valence-corrected chi connectivity index (χ2v) is 3.16. The first kappa shape index (κ1) is 8.67. The van der Waals surface area contributed by atoms with Crippen LogP contribution in [-0.4, -0.2) is 6.29 Å². The van der Waals surface area contributed by atoms with Gasteiger partial charge in [-0.2, -0.15) is 0 Å². The van der Waals surface area contributed by atoms with Gasteiger partial charge in [-0.05, 0) is 11.8 Å². The minimum atomic E-state index is 0.331. The van der Waals surface area contributed by atoms with E-state index in [1.165, 1.54) is 0 Å². The zero-order valence-electron chi connectivity index (χ0n) is 6.53. The Morgan fingerprint density at radius 2 is 2.00 bits per heavy atom. The zero-order valence-corrected chi connectivity index (χ0v) is 6.53. The molecule has 1 radical (unpaired) electrons. The Hall–Kier alpha value is -0.330. The Morgan fingerprint density at radius 1 is 1.44 bits per heavy atom. The van der Waals surface area contributed by atoms with Gasteiger partial charge >= 0.3 is 0 Å². The number of carbonyl (C=O) groups excluding carboxylic acids is 1. The van der Waals surface area contributed by atoms with E-state index in [-0.39, 0.29) is 0 Å². The van der Waals surface area contributed by atoms with E-state index in [9.17, 15) is 4.79 Å². The zero-order chi connectivity index (χ0) is 7.33. The lowest BCUT2D eigenvalue weighted by Gasteiger charge is -2.20. The molecule has 0 N–H and O–H groups in total. The molecular formula is C8H15O. The van der Waals surface area contributed by atoms with Crippen molar-refractivity contribution in [2.24, 2.45) is 5.41 Å².